The number of hydrogen-bond acceptors (Lipinski definition) is 2. The number of ether oxygens (including phenoxy) is 1. The third-order valence-electron chi connectivity index (χ3n) is 3.84. The summed E-state index contributed by atoms with van der Waals surface area (Å²) in [5.74, 6) is 1.25. The van der Waals surface area contributed by atoms with E-state index in [0.29, 0.717) is 13.0 Å². The van der Waals surface area contributed by atoms with Gasteiger partial charge in [-0.15, -0.1) is 0 Å². The first kappa shape index (κ1) is 15.4. The Morgan fingerprint density at radius 3 is 2.86 bits per heavy atom. The molecule has 114 valence electrons. The second-order valence-corrected chi connectivity index (χ2v) is 5.53. The van der Waals surface area contributed by atoms with E-state index >= 15 is 0 Å². The summed E-state index contributed by atoms with van der Waals surface area (Å²) in [6, 6.07) is 6.11. The van der Waals surface area contributed by atoms with E-state index < -0.39 is 0 Å². The lowest BCUT2D eigenvalue weighted by molar-refractivity contribution is -0.121. The molecule has 0 saturated heterocycles. The molecule has 4 heteroatoms. The molecule has 0 saturated carbocycles. The van der Waals surface area contributed by atoms with Gasteiger partial charge in [0.2, 0.25) is 5.91 Å². The minimum Gasteiger partial charge on any atom is -0.497 e. The number of aryl methyl sites for hydroxylation is 1. The van der Waals surface area contributed by atoms with Gasteiger partial charge in [0.15, 0.2) is 0 Å². The van der Waals surface area contributed by atoms with Crippen LogP contribution in [0.1, 0.15) is 38.2 Å². The van der Waals surface area contributed by atoms with Crippen molar-refractivity contribution in [3.8, 4) is 5.75 Å². The van der Waals surface area contributed by atoms with Crippen LogP contribution in [0.5, 0.6) is 5.75 Å². The van der Waals surface area contributed by atoms with Crippen LogP contribution in [0, 0.1) is 0 Å². The molecule has 1 atom stereocenters. The van der Waals surface area contributed by atoms with Gasteiger partial charge in [0.25, 0.3) is 0 Å². The Morgan fingerprint density at radius 2 is 2.19 bits per heavy atom. The van der Waals surface area contributed by atoms with Gasteiger partial charge in [0, 0.05) is 43.0 Å². The topological polar surface area (TPSA) is 43.3 Å². The molecular formula is C17H24N2O2. The summed E-state index contributed by atoms with van der Waals surface area (Å²) in [5.41, 5.74) is 2.42. The van der Waals surface area contributed by atoms with Gasteiger partial charge in [0.05, 0.1) is 7.11 Å². The Labute approximate surface area is 126 Å². The third-order valence-corrected chi connectivity index (χ3v) is 3.84. The second kappa shape index (κ2) is 6.66. The van der Waals surface area contributed by atoms with Gasteiger partial charge in [0.1, 0.15) is 5.75 Å². The lowest BCUT2D eigenvalue weighted by atomic mass is 10.0. The number of aromatic nitrogens is 1. The molecule has 1 amide bonds. The number of methoxy groups -OCH3 is 1. The largest absolute Gasteiger partial charge is 0.497 e. The highest BCUT2D eigenvalue weighted by Gasteiger charge is 2.14. The van der Waals surface area contributed by atoms with Gasteiger partial charge in [-0.05, 0) is 30.2 Å². The number of fused-ring (bicyclic) bond motifs is 1. The van der Waals surface area contributed by atoms with E-state index in [4.69, 9.17) is 4.74 Å². The molecule has 1 N–H and O–H groups in total. The molecule has 0 aliphatic heterocycles. The number of hydrogen-bond donors (Lipinski definition) is 1. The Kier molecular flexibility index (Phi) is 4.89. The quantitative estimate of drug-likeness (QED) is 0.887. The number of rotatable bonds is 6. The SMILES string of the molecule is CCCC(=O)NCC(C)c1cn(C)c2ccc(OC)cc12. The van der Waals surface area contributed by atoms with Gasteiger partial charge < -0.3 is 14.6 Å². The van der Waals surface area contributed by atoms with Crippen molar-refractivity contribution in [2.24, 2.45) is 7.05 Å². The van der Waals surface area contributed by atoms with Gasteiger partial charge >= 0.3 is 0 Å². The first-order valence-electron chi connectivity index (χ1n) is 7.46. The van der Waals surface area contributed by atoms with Crippen molar-refractivity contribution in [1.29, 1.82) is 0 Å². The molecule has 1 aromatic heterocycles. The molecule has 1 aromatic carbocycles. The predicted octanol–water partition coefficient (Wildman–Crippen LogP) is 3.21. The minimum atomic E-state index is 0.127. The molecule has 0 spiro atoms. The number of amides is 1. The van der Waals surface area contributed by atoms with Crippen LogP contribution >= 0.6 is 0 Å². The highest BCUT2D eigenvalue weighted by Crippen LogP contribution is 2.30. The minimum absolute atomic E-state index is 0.127. The van der Waals surface area contributed by atoms with E-state index in [1.165, 1.54) is 16.5 Å². The normalized spacial score (nSPS) is 12.4. The molecule has 21 heavy (non-hydrogen) atoms. The maximum Gasteiger partial charge on any atom is 0.220 e. The zero-order valence-corrected chi connectivity index (χ0v) is 13.3. The van der Waals surface area contributed by atoms with Crippen LogP contribution in [0.4, 0.5) is 0 Å². The fraction of sp³-hybridized carbons (Fsp3) is 0.471. The van der Waals surface area contributed by atoms with Crippen LogP contribution in [0.25, 0.3) is 10.9 Å². The summed E-state index contributed by atoms with van der Waals surface area (Å²) >= 11 is 0. The summed E-state index contributed by atoms with van der Waals surface area (Å²) in [6.07, 6.45) is 3.61. The summed E-state index contributed by atoms with van der Waals surface area (Å²) in [5, 5.41) is 4.19. The van der Waals surface area contributed by atoms with E-state index in [2.05, 4.69) is 35.1 Å². The monoisotopic (exact) mass is 288 g/mol. The molecule has 0 aliphatic carbocycles. The molecule has 2 aromatic rings. The van der Waals surface area contributed by atoms with Gasteiger partial charge in [-0.1, -0.05) is 13.8 Å². The van der Waals surface area contributed by atoms with Crippen LogP contribution in [0.2, 0.25) is 0 Å². The smallest absolute Gasteiger partial charge is 0.220 e. The van der Waals surface area contributed by atoms with Crippen molar-refractivity contribution in [2.75, 3.05) is 13.7 Å². The van der Waals surface area contributed by atoms with Crippen molar-refractivity contribution < 1.29 is 9.53 Å². The highest BCUT2D eigenvalue weighted by molar-refractivity contribution is 5.86. The summed E-state index contributed by atoms with van der Waals surface area (Å²) in [4.78, 5) is 11.6. The average molecular weight is 288 g/mol. The lowest BCUT2D eigenvalue weighted by Gasteiger charge is -2.12. The zero-order chi connectivity index (χ0) is 15.4. The van der Waals surface area contributed by atoms with Crippen LogP contribution in [-0.2, 0) is 11.8 Å². The Balaban J connectivity index is 2.22. The summed E-state index contributed by atoms with van der Waals surface area (Å²) < 4.78 is 7.44. The van der Waals surface area contributed by atoms with Crippen LogP contribution < -0.4 is 10.1 Å². The standard InChI is InChI=1S/C17H24N2O2/c1-5-6-17(20)18-10-12(2)15-11-19(3)16-8-7-13(21-4)9-14(15)16/h7-9,11-12H,5-6,10H2,1-4H3,(H,18,20). The molecule has 0 fully saturated rings. The summed E-state index contributed by atoms with van der Waals surface area (Å²) in [7, 11) is 3.72. The first-order valence-corrected chi connectivity index (χ1v) is 7.46. The fourth-order valence-corrected chi connectivity index (χ4v) is 2.61. The Hall–Kier alpha value is -1.97. The van der Waals surface area contributed by atoms with Crippen LogP contribution in [0.15, 0.2) is 24.4 Å². The maximum absolute atomic E-state index is 11.6. The molecule has 4 nitrogen and oxygen atoms in total. The van der Waals surface area contributed by atoms with Crippen molar-refractivity contribution in [3.63, 3.8) is 0 Å². The van der Waals surface area contributed by atoms with Gasteiger partial charge in [-0.25, -0.2) is 0 Å². The number of benzene rings is 1. The molecule has 0 bridgehead atoms. The number of nitrogens with one attached hydrogen (secondary N) is 1. The molecule has 0 radical (unpaired) electrons. The second-order valence-electron chi connectivity index (χ2n) is 5.53. The molecular weight excluding hydrogens is 264 g/mol. The average Bonchev–Trinajstić information content (AvgIpc) is 2.81. The number of carbonyl (C=O) groups is 1. The molecule has 2 rings (SSSR count). The molecule has 1 unspecified atom stereocenters. The van der Waals surface area contributed by atoms with E-state index in [-0.39, 0.29) is 11.8 Å². The number of nitrogens with zero attached hydrogens (tertiary/aromatic N) is 1. The van der Waals surface area contributed by atoms with E-state index in [9.17, 15) is 4.79 Å². The van der Waals surface area contributed by atoms with Crippen molar-refractivity contribution in [3.05, 3.63) is 30.0 Å². The van der Waals surface area contributed by atoms with E-state index in [1.807, 2.05) is 20.0 Å². The third kappa shape index (κ3) is 3.38. The van der Waals surface area contributed by atoms with Crippen molar-refractivity contribution in [2.45, 2.75) is 32.6 Å². The molecule has 1 heterocycles. The summed E-state index contributed by atoms with van der Waals surface area (Å²) in [6.45, 7) is 4.82. The predicted molar refractivity (Wildman–Crippen MR) is 85.8 cm³/mol. The first-order chi connectivity index (χ1) is 10.1. The van der Waals surface area contributed by atoms with Crippen molar-refractivity contribution >= 4 is 16.8 Å². The fourth-order valence-electron chi connectivity index (χ4n) is 2.61. The maximum atomic E-state index is 11.6. The van der Waals surface area contributed by atoms with Gasteiger partial charge in [-0.3, -0.25) is 4.79 Å². The number of carbonyl (C=O) groups excluding carboxylic acids is 1. The van der Waals surface area contributed by atoms with E-state index in [0.717, 1.165) is 12.2 Å². The Morgan fingerprint density at radius 1 is 1.43 bits per heavy atom. The lowest BCUT2D eigenvalue weighted by Crippen LogP contribution is -2.26. The highest BCUT2D eigenvalue weighted by atomic mass is 16.5. The van der Waals surface area contributed by atoms with E-state index in [1.54, 1.807) is 7.11 Å². The van der Waals surface area contributed by atoms with Crippen molar-refractivity contribution in [1.82, 2.24) is 9.88 Å². The van der Waals surface area contributed by atoms with Gasteiger partial charge in [-0.2, -0.15) is 0 Å². The zero-order valence-electron chi connectivity index (χ0n) is 13.3. The van der Waals surface area contributed by atoms with Crippen LogP contribution in [-0.4, -0.2) is 24.1 Å². The van der Waals surface area contributed by atoms with Crippen LogP contribution in [0.3, 0.4) is 0 Å². The molecule has 0 aliphatic rings. The Bertz CT molecular complexity index is 631.